The van der Waals surface area contributed by atoms with Crippen LogP contribution < -0.4 is 0 Å². The van der Waals surface area contributed by atoms with Gasteiger partial charge >= 0.3 is 13.6 Å². The van der Waals surface area contributed by atoms with Crippen LogP contribution in [0.2, 0.25) is 0 Å². The molecule has 0 aromatic rings. The van der Waals surface area contributed by atoms with Crippen molar-refractivity contribution < 1.29 is 24.0 Å². The van der Waals surface area contributed by atoms with E-state index in [4.69, 9.17) is 10.00 Å². The molecule has 0 aliphatic heterocycles. The average molecular weight is 211 g/mol. The molecule has 0 rings (SSSR count). The highest BCUT2D eigenvalue weighted by Crippen LogP contribution is 2.42. The predicted molar refractivity (Wildman–Crippen MR) is 46.3 cm³/mol. The topological polar surface area (TPSA) is 87.1 Å². The summed E-state index contributed by atoms with van der Waals surface area (Å²) in [6.07, 6.45) is -0.872. The third-order valence-corrected chi connectivity index (χ3v) is 2.44. The van der Waals surface area contributed by atoms with Crippen molar-refractivity contribution in [2.45, 2.75) is 13.8 Å². The number of hydroxylamine groups is 2. The zero-order valence-electron chi connectivity index (χ0n) is 7.63. The van der Waals surface area contributed by atoms with E-state index in [0.29, 0.717) is 13.1 Å². The van der Waals surface area contributed by atoms with Crippen molar-refractivity contribution in [2.75, 3.05) is 19.3 Å². The summed E-state index contributed by atoms with van der Waals surface area (Å²) in [5, 5.41) is 9.52. The molecule has 0 fully saturated rings. The van der Waals surface area contributed by atoms with Crippen LogP contribution in [0.1, 0.15) is 13.8 Å². The lowest BCUT2D eigenvalue weighted by atomic mass is 10.6. The molecule has 2 N–H and O–H groups in total. The number of carboxylic acid groups (broad SMARTS) is 1. The van der Waals surface area contributed by atoms with Crippen molar-refractivity contribution in [3.05, 3.63) is 0 Å². The van der Waals surface area contributed by atoms with E-state index in [-0.39, 0.29) is 0 Å². The Labute approximate surface area is 76.6 Å². The van der Waals surface area contributed by atoms with Gasteiger partial charge in [-0.2, -0.15) is 5.06 Å². The molecule has 0 saturated carbocycles. The fourth-order valence-electron chi connectivity index (χ4n) is 0.719. The molecule has 0 aromatic carbocycles. The minimum absolute atomic E-state index is 0.431. The van der Waals surface area contributed by atoms with Crippen molar-refractivity contribution >= 4 is 13.6 Å². The summed E-state index contributed by atoms with van der Waals surface area (Å²) in [5.41, 5.74) is 0. The fraction of sp³-hybridized carbons (Fsp3) is 0.833. The number of nitrogens with zero attached hydrogens (tertiary/aromatic N) is 1. The van der Waals surface area contributed by atoms with Crippen LogP contribution in [0.15, 0.2) is 0 Å². The fourth-order valence-corrected chi connectivity index (χ4v) is 1.71. The molecule has 7 heteroatoms. The van der Waals surface area contributed by atoms with Gasteiger partial charge in [0.25, 0.3) is 0 Å². The molecule has 0 spiro atoms. The van der Waals surface area contributed by atoms with Gasteiger partial charge in [0.1, 0.15) is 6.16 Å². The first-order valence-electron chi connectivity index (χ1n) is 3.89. The van der Waals surface area contributed by atoms with E-state index in [1.807, 2.05) is 0 Å². The Balaban J connectivity index is 4.14. The Morgan fingerprint density at radius 2 is 1.92 bits per heavy atom. The van der Waals surface area contributed by atoms with E-state index in [9.17, 15) is 9.36 Å². The van der Waals surface area contributed by atoms with E-state index in [1.54, 1.807) is 13.8 Å². The smallest absolute Gasteiger partial charge is 0.355 e. The molecule has 1 unspecified atom stereocenters. The Morgan fingerprint density at radius 3 is 2.23 bits per heavy atom. The van der Waals surface area contributed by atoms with Crippen molar-refractivity contribution in [3.8, 4) is 0 Å². The van der Waals surface area contributed by atoms with E-state index in [2.05, 4.69) is 4.62 Å². The maximum absolute atomic E-state index is 11.1. The molecule has 0 radical (unpaired) electrons. The van der Waals surface area contributed by atoms with Crippen LogP contribution in [-0.4, -0.2) is 40.3 Å². The van der Waals surface area contributed by atoms with Gasteiger partial charge in [-0.3, -0.25) is 9.36 Å². The Morgan fingerprint density at radius 1 is 1.46 bits per heavy atom. The number of hydrogen-bond acceptors (Lipinski definition) is 4. The van der Waals surface area contributed by atoms with Crippen LogP contribution in [0.5, 0.6) is 0 Å². The monoisotopic (exact) mass is 211 g/mol. The largest absolute Gasteiger partial charge is 0.481 e. The number of carbonyl (C=O) groups is 1. The minimum atomic E-state index is -4.01. The first-order valence-corrected chi connectivity index (χ1v) is 5.65. The summed E-state index contributed by atoms with van der Waals surface area (Å²) in [6, 6.07) is 0. The number of hydrogen-bond donors (Lipinski definition) is 2. The average Bonchev–Trinajstić information content (AvgIpc) is 1.97. The van der Waals surface area contributed by atoms with Crippen LogP contribution in [0.25, 0.3) is 0 Å². The normalized spacial score (nSPS) is 15.7. The number of aliphatic carboxylic acids is 1. The first-order chi connectivity index (χ1) is 5.91. The van der Waals surface area contributed by atoms with Gasteiger partial charge in [-0.15, -0.1) is 0 Å². The van der Waals surface area contributed by atoms with Gasteiger partial charge in [-0.25, -0.2) is 4.62 Å². The molecule has 0 aliphatic rings. The molecule has 78 valence electrons. The molecule has 0 amide bonds. The third-order valence-electron chi connectivity index (χ3n) is 1.28. The molecule has 1 atom stereocenters. The zero-order chi connectivity index (χ0) is 10.5. The van der Waals surface area contributed by atoms with E-state index >= 15 is 0 Å². The lowest BCUT2D eigenvalue weighted by molar-refractivity contribution is -0.134. The highest BCUT2D eigenvalue weighted by molar-refractivity contribution is 7.53. The number of carboxylic acids is 1. The second kappa shape index (κ2) is 5.34. The molecule has 0 saturated heterocycles. The van der Waals surface area contributed by atoms with Gasteiger partial charge in [0.15, 0.2) is 0 Å². The molecule has 0 aromatic heterocycles. The summed E-state index contributed by atoms with van der Waals surface area (Å²) in [6.45, 7) is 4.34. The van der Waals surface area contributed by atoms with Gasteiger partial charge in [0.05, 0.1) is 0 Å². The summed E-state index contributed by atoms with van der Waals surface area (Å²) < 4.78 is 15.7. The molecule has 0 aliphatic carbocycles. The third kappa shape index (κ3) is 5.76. The molecule has 13 heavy (non-hydrogen) atoms. The second-order valence-corrected chi connectivity index (χ2v) is 4.14. The van der Waals surface area contributed by atoms with Gasteiger partial charge in [0.2, 0.25) is 0 Å². The second-order valence-electron chi connectivity index (χ2n) is 2.39. The van der Waals surface area contributed by atoms with E-state index in [1.165, 1.54) is 5.06 Å². The van der Waals surface area contributed by atoms with Gasteiger partial charge in [-0.1, -0.05) is 13.8 Å². The SMILES string of the molecule is CCN(CC)OP(=O)(O)CC(=O)O. The molecule has 0 bridgehead atoms. The maximum Gasteiger partial charge on any atom is 0.355 e. The minimum Gasteiger partial charge on any atom is -0.481 e. The van der Waals surface area contributed by atoms with Crippen LogP contribution >= 0.6 is 7.60 Å². The van der Waals surface area contributed by atoms with Crippen molar-refractivity contribution in [1.82, 2.24) is 5.06 Å². The van der Waals surface area contributed by atoms with Crippen molar-refractivity contribution in [1.29, 1.82) is 0 Å². The van der Waals surface area contributed by atoms with Crippen LogP contribution in [0.4, 0.5) is 0 Å². The molecule has 6 nitrogen and oxygen atoms in total. The standard InChI is InChI=1S/C6H14NO5P/c1-3-7(4-2)12-13(10,11)5-6(8)9/h3-5H2,1-2H3,(H,8,9)(H,10,11). The molecular formula is C6H14NO5P. The van der Waals surface area contributed by atoms with Crippen LogP contribution in [0.3, 0.4) is 0 Å². The first kappa shape index (κ1) is 12.6. The highest BCUT2D eigenvalue weighted by Gasteiger charge is 2.26. The highest BCUT2D eigenvalue weighted by atomic mass is 31.2. The van der Waals surface area contributed by atoms with Crippen molar-refractivity contribution in [3.63, 3.8) is 0 Å². The summed E-state index contributed by atoms with van der Waals surface area (Å²) in [7, 11) is -4.01. The zero-order valence-corrected chi connectivity index (χ0v) is 8.53. The van der Waals surface area contributed by atoms with E-state index in [0.717, 1.165) is 0 Å². The predicted octanol–water partition coefficient (Wildman–Crippen LogP) is 0.530. The number of rotatable bonds is 6. The van der Waals surface area contributed by atoms with Gasteiger partial charge in [-0.05, 0) is 0 Å². The molecular weight excluding hydrogens is 197 g/mol. The lowest BCUT2D eigenvalue weighted by Gasteiger charge is -2.20. The van der Waals surface area contributed by atoms with Gasteiger partial charge in [0, 0.05) is 13.1 Å². The molecule has 0 heterocycles. The van der Waals surface area contributed by atoms with Crippen LogP contribution in [-0.2, 0) is 14.0 Å². The Hall–Kier alpha value is -0.420. The van der Waals surface area contributed by atoms with E-state index < -0.39 is 19.7 Å². The van der Waals surface area contributed by atoms with Crippen molar-refractivity contribution in [2.24, 2.45) is 0 Å². The summed E-state index contributed by atoms with van der Waals surface area (Å²) in [4.78, 5) is 19.2. The quantitative estimate of drug-likeness (QED) is 0.492. The van der Waals surface area contributed by atoms with Gasteiger partial charge < -0.3 is 10.00 Å². The summed E-state index contributed by atoms with van der Waals surface area (Å²) >= 11 is 0. The Bertz CT molecular complexity index is 215. The summed E-state index contributed by atoms with van der Waals surface area (Å²) in [5.74, 6) is -1.35. The van der Waals surface area contributed by atoms with Crippen LogP contribution in [0, 0.1) is 0 Å². The Kier molecular flexibility index (Phi) is 5.17. The lowest BCUT2D eigenvalue weighted by Crippen LogP contribution is -2.23. The maximum atomic E-state index is 11.1.